The molecule has 0 saturated heterocycles. The highest BCUT2D eigenvalue weighted by atomic mass is 32.1. The van der Waals surface area contributed by atoms with Crippen molar-refractivity contribution in [2.24, 2.45) is 5.92 Å². The van der Waals surface area contributed by atoms with Gasteiger partial charge >= 0.3 is 0 Å². The van der Waals surface area contributed by atoms with Crippen molar-refractivity contribution in [2.75, 3.05) is 0 Å². The second-order valence-corrected chi connectivity index (χ2v) is 6.76. The molecule has 88 valence electrons. The molecular formula is C14H15OPS. The first-order chi connectivity index (χ1) is 8.18. The van der Waals surface area contributed by atoms with Gasteiger partial charge in [0.15, 0.2) is 0 Å². The monoisotopic (exact) mass is 262 g/mol. The minimum Gasteiger partial charge on any atom is -0.387 e. The van der Waals surface area contributed by atoms with Crippen molar-refractivity contribution in [2.45, 2.75) is 19.4 Å². The highest BCUT2D eigenvalue weighted by Crippen LogP contribution is 2.44. The molecule has 2 aromatic rings. The van der Waals surface area contributed by atoms with E-state index in [1.807, 2.05) is 6.07 Å². The Hall–Kier alpha value is -0.690. The molecule has 1 nitrogen and oxygen atoms in total. The predicted molar refractivity (Wildman–Crippen MR) is 76.9 cm³/mol. The van der Waals surface area contributed by atoms with Crippen LogP contribution < -0.4 is 4.62 Å². The average molecular weight is 262 g/mol. The minimum absolute atomic E-state index is 0.272. The molecule has 3 unspecified atom stereocenters. The number of hydrogen-bond donors (Lipinski definition) is 1. The van der Waals surface area contributed by atoms with Crippen LogP contribution in [0.3, 0.4) is 0 Å². The third kappa shape index (κ3) is 1.76. The van der Waals surface area contributed by atoms with Crippen molar-refractivity contribution < 1.29 is 5.11 Å². The van der Waals surface area contributed by atoms with Crippen LogP contribution in [0.1, 0.15) is 23.5 Å². The highest BCUT2D eigenvalue weighted by Gasteiger charge is 2.33. The van der Waals surface area contributed by atoms with Crippen LogP contribution >= 0.6 is 20.6 Å². The van der Waals surface area contributed by atoms with Gasteiger partial charge in [-0.3, -0.25) is 0 Å². The Morgan fingerprint density at radius 2 is 2.00 bits per heavy atom. The van der Waals surface area contributed by atoms with Gasteiger partial charge in [-0.15, -0.1) is 11.3 Å². The zero-order valence-corrected chi connectivity index (χ0v) is 11.7. The van der Waals surface area contributed by atoms with Crippen molar-refractivity contribution in [3.05, 3.63) is 40.8 Å². The fourth-order valence-corrected chi connectivity index (χ4v) is 4.52. The molecule has 0 spiro atoms. The normalized spacial score (nSPS) is 22.8. The van der Waals surface area contributed by atoms with Crippen molar-refractivity contribution in [3.8, 4) is 11.1 Å². The maximum Gasteiger partial charge on any atom is 0.0913 e. The molecule has 3 atom stereocenters. The summed E-state index contributed by atoms with van der Waals surface area (Å²) in [6.07, 6.45) is 0.720. The topological polar surface area (TPSA) is 20.2 Å². The summed E-state index contributed by atoms with van der Waals surface area (Å²) < 4.78 is 1.24. The fourth-order valence-electron chi connectivity index (χ4n) is 2.56. The Kier molecular flexibility index (Phi) is 2.82. The lowest BCUT2D eigenvalue weighted by atomic mass is 10.0. The molecule has 1 aromatic carbocycles. The summed E-state index contributed by atoms with van der Waals surface area (Å²) in [4.78, 5) is 1.17. The van der Waals surface area contributed by atoms with Gasteiger partial charge in [0.2, 0.25) is 0 Å². The molecule has 0 amide bonds. The van der Waals surface area contributed by atoms with Crippen molar-refractivity contribution in [1.29, 1.82) is 0 Å². The predicted octanol–water partition coefficient (Wildman–Crippen LogP) is 3.14. The first kappa shape index (κ1) is 11.4. The van der Waals surface area contributed by atoms with E-state index in [0.29, 0.717) is 5.92 Å². The number of fused-ring (bicyclic) bond motifs is 1. The zero-order valence-electron chi connectivity index (χ0n) is 9.68. The lowest BCUT2D eigenvalue weighted by molar-refractivity contribution is 0.135. The van der Waals surface area contributed by atoms with Gasteiger partial charge < -0.3 is 5.11 Å². The maximum atomic E-state index is 10.1. The van der Waals surface area contributed by atoms with E-state index in [0.717, 1.165) is 6.42 Å². The largest absolute Gasteiger partial charge is 0.387 e. The molecule has 3 rings (SSSR count). The van der Waals surface area contributed by atoms with E-state index in [1.165, 1.54) is 26.2 Å². The highest BCUT2D eigenvalue weighted by molar-refractivity contribution is 7.44. The molecule has 0 saturated carbocycles. The minimum atomic E-state index is -0.272. The van der Waals surface area contributed by atoms with E-state index < -0.39 is 0 Å². The van der Waals surface area contributed by atoms with Gasteiger partial charge in [-0.2, -0.15) is 0 Å². The van der Waals surface area contributed by atoms with Gasteiger partial charge in [-0.25, -0.2) is 0 Å². The summed E-state index contributed by atoms with van der Waals surface area (Å²) in [6.45, 7) is 2.12. The summed E-state index contributed by atoms with van der Waals surface area (Å²) >= 11 is 1.72. The van der Waals surface area contributed by atoms with Crippen LogP contribution in [0.5, 0.6) is 0 Å². The average Bonchev–Trinajstić information content (AvgIpc) is 2.78. The molecule has 0 aliphatic heterocycles. The van der Waals surface area contributed by atoms with Crippen LogP contribution in [0.15, 0.2) is 30.3 Å². The van der Waals surface area contributed by atoms with E-state index in [1.54, 1.807) is 11.3 Å². The quantitative estimate of drug-likeness (QED) is 0.783. The van der Waals surface area contributed by atoms with Gasteiger partial charge in [-0.1, -0.05) is 46.5 Å². The SMILES string of the molecule is CC1Cc2c(sc(P)c2-c2ccccc2)C1O. The lowest BCUT2D eigenvalue weighted by Gasteiger charge is -2.08. The molecule has 3 heteroatoms. The molecule has 0 fully saturated rings. The first-order valence-electron chi connectivity index (χ1n) is 5.83. The van der Waals surface area contributed by atoms with Crippen LogP contribution in [0.4, 0.5) is 0 Å². The summed E-state index contributed by atoms with van der Waals surface area (Å²) in [5.41, 5.74) is 3.93. The van der Waals surface area contributed by atoms with Gasteiger partial charge in [0, 0.05) is 15.1 Å². The van der Waals surface area contributed by atoms with Crippen LogP contribution in [-0.4, -0.2) is 5.11 Å². The number of rotatable bonds is 1. The number of aliphatic hydroxyl groups is 1. The van der Waals surface area contributed by atoms with Gasteiger partial charge in [0.25, 0.3) is 0 Å². The second kappa shape index (κ2) is 4.20. The number of aliphatic hydroxyl groups excluding tert-OH is 1. The van der Waals surface area contributed by atoms with Crippen LogP contribution in [0.25, 0.3) is 11.1 Å². The Labute approximate surface area is 108 Å². The lowest BCUT2D eigenvalue weighted by Crippen LogP contribution is -2.02. The molecule has 1 heterocycles. The third-order valence-electron chi connectivity index (χ3n) is 3.46. The number of thiophene rings is 1. The molecule has 0 radical (unpaired) electrons. The van der Waals surface area contributed by atoms with E-state index in [-0.39, 0.29) is 6.10 Å². The van der Waals surface area contributed by atoms with Crippen LogP contribution in [-0.2, 0) is 6.42 Å². The van der Waals surface area contributed by atoms with E-state index in [4.69, 9.17) is 0 Å². The van der Waals surface area contributed by atoms with Gasteiger partial charge in [0.1, 0.15) is 0 Å². The van der Waals surface area contributed by atoms with Gasteiger partial charge in [-0.05, 0) is 23.5 Å². The molecule has 1 N–H and O–H groups in total. The number of hydrogen-bond acceptors (Lipinski definition) is 2. The molecular weight excluding hydrogens is 247 g/mol. The fraction of sp³-hybridized carbons (Fsp3) is 0.286. The molecule has 17 heavy (non-hydrogen) atoms. The summed E-state index contributed by atoms with van der Waals surface area (Å²) in [5.74, 6) is 0.351. The Balaban J connectivity index is 2.17. The van der Waals surface area contributed by atoms with E-state index in [9.17, 15) is 5.11 Å². The summed E-state index contributed by atoms with van der Waals surface area (Å²) in [5, 5.41) is 10.1. The Morgan fingerprint density at radius 1 is 1.29 bits per heavy atom. The zero-order chi connectivity index (χ0) is 12.0. The summed E-state index contributed by atoms with van der Waals surface area (Å²) in [6, 6.07) is 10.5. The maximum absolute atomic E-state index is 10.1. The van der Waals surface area contributed by atoms with Crippen molar-refractivity contribution in [1.82, 2.24) is 0 Å². The summed E-state index contributed by atoms with van der Waals surface area (Å²) in [7, 11) is 2.81. The van der Waals surface area contributed by atoms with Crippen molar-refractivity contribution >= 4 is 25.2 Å². The van der Waals surface area contributed by atoms with E-state index in [2.05, 4.69) is 40.4 Å². The van der Waals surface area contributed by atoms with Crippen LogP contribution in [0, 0.1) is 5.92 Å². The smallest absolute Gasteiger partial charge is 0.0913 e. The third-order valence-corrected chi connectivity index (χ3v) is 5.24. The van der Waals surface area contributed by atoms with Gasteiger partial charge in [0.05, 0.1) is 6.10 Å². The Bertz CT molecular complexity index is 547. The first-order valence-corrected chi connectivity index (χ1v) is 7.22. The standard InChI is InChI=1S/C14H15OPS/c1-8-7-10-11(9-5-3-2-4-6-9)14(16)17-13(10)12(8)15/h2-6,8,12,15H,7,16H2,1H3. The second-order valence-electron chi connectivity index (χ2n) is 4.68. The van der Waals surface area contributed by atoms with E-state index >= 15 is 0 Å². The molecule has 1 aliphatic rings. The molecule has 0 bridgehead atoms. The molecule has 1 aromatic heterocycles. The molecule has 1 aliphatic carbocycles. The van der Waals surface area contributed by atoms with Crippen molar-refractivity contribution in [3.63, 3.8) is 0 Å². The number of benzene rings is 1. The van der Waals surface area contributed by atoms with Crippen LogP contribution in [0.2, 0.25) is 0 Å². The Morgan fingerprint density at radius 3 is 2.71 bits per heavy atom.